The number of hydrogen-bond acceptors (Lipinski definition) is 4. The Balaban J connectivity index is 1.86. The number of benzene rings is 3. The van der Waals surface area contributed by atoms with Crippen LogP contribution in [0, 0.1) is 6.92 Å². The number of likely N-dealkylation sites (N-methyl/N-ethyl adjacent to an activating group) is 1. The number of nitrogens with zero attached hydrogens (tertiary/aromatic N) is 2. The lowest BCUT2D eigenvalue weighted by Gasteiger charge is -2.31. The van der Waals surface area contributed by atoms with Gasteiger partial charge in [-0.25, -0.2) is 8.42 Å². The molecular formula is C29H33Cl2N3O4S. The maximum absolute atomic E-state index is 13.7. The lowest BCUT2D eigenvalue weighted by molar-refractivity contribution is -0.141. The molecule has 0 fully saturated rings. The van der Waals surface area contributed by atoms with Gasteiger partial charge in [-0.1, -0.05) is 77.3 Å². The molecule has 0 aromatic heterocycles. The van der Waals surface area contributed by atoms with Crippen LogP contribution in [-0.4, -0.2) is 51.0 Å². The maximum atomic E-state index is 13.7. The van der Waals surface area contributed by atoms with E-state index in [2.05, 4.69) is 5.32 Å². The minimum atomic E-state index is -3.56. The fraction of sp³-hybridized carbons (Fsp3) is 0.310. The molecule has 0 saturated carbocycles. The first-order valence-corrected chi connectivity index (χ1v) is 15.1. The van der Waals surface area contributed by atoms with Crippen LogP contribution in [0.4, 0.5) is 5.69 Å². The van der Waals surface area contributed by atoms with Gasteiger partial charge in [0, 0.05) is 33.0 Å². The molecule has 3 aromatic rings. The molecule has 2 amide bonds. The van der Waals surface area contributed by atoms with Gasteiger partial charge >= 0.3 is 0 Å². The van der Waals surface area contributed by atoms with Gasteiger partial charge in [-0.3, -0.25) is 13.9 Å². The highest BCUT2D eigenvalue weighted by atomic mass is 35.5. The van der Waals surface area contributed by atoms with E-state index >= 15 is 0 Å². The van der Waals surface area contributed by atoms with Crippen molar-refractivity contribution in [2.75, 3.05) is 24.2 Å². The van der Waals surface area contributed by atoms with Gasteiger partial charge in [0.2, 0.25) is 21.8 Å². The number of carbonyl (C=O) groups excluding carboxylic acids is 2. The summed E-state index contributed by atoms with van der Waals surface area (Å²) in [5.74, 6) is -0.576. The molecule has 39 heavy (non-hydrogen) atoms. The van der Waals surface area contributed by atoms with Crippen LogP contribution in [0.3, 0.4) is 0 Å². The molecule has 1 N–H and O–H groups in total. The van der Waals surface area contributed by atoms with E-state index in [1.807, 2.05) is 49.4 Å². The van der Waals surface area contributed by atoms with Crippen molar-refractivity contribution in [1.82, 2.24) is 10.2 Å². The van der Waals surface area contributed by atoms with Crippen molar-refractivity contribution in [3.8, 4) is 0 Å². The summed E-state index contributed by atoms with van der Waals surface area (Å²) in [6, 6.07) is 20.9. The summed E-state index contributed by atoms with van der Waals surface area (Å²) in [5, 5.41) is 3.42. The van der Waals surface area contributed by atoms with Crippen molar-refractivity contribution in [3.05, 3.63) is 99.5 Å². The first kappa shape index (κ1) is 30.5. The van der Waals surface area contributed by atoms with Crippen LogP contribution in [-0.2, 0) is 32.6 Å². The molecule has 0 radical (unpaired) electrons. The quantitative estimate of drug-likeness (QED) is 0.313. The zero-order valence-electron chi connectivity index (χ0n) is 22.2. The summed E-state index contributed by atoms with van der Waals surface area (Å²) < 4.78 is 26.3. The largest absolute Gasteiger partial charge is 0.357 e. The third-order valence-corrected chi connectivity index (χ3v) is 8.26. The molecule has 208 valence electrons. The number of anilines is 1. The van der Waals surface area contributed by atoms with Crippen LogP contribution in [0.15, 0.2) is 72.8 Å². The summed E-state index contributed by atoms with van der Waals surface area (Å²) in [6.45, 7) is 2.18. The molecule has 10 heteroatoms. The molecule has 1 unspecified atom stereocenters. The summed E-state index contributed by atoms with van der Waals surface area (Å²) >= 11 is 12.3. The predicted molar refractivity (Wildman–Crippen MR) is 158 cm³/mol. The first-order chi connectivity index (χ1) is 18.5. The van der Waals surface area contributed by atoms with E-state index in [0.29, 0.717) is 22.2 Å². The molecule has 3 aromatic carbocycles. The van der Waals surface area contributed by atoms with Gasteiger partial charge in [-0.05, 0) is 48.7 Å². The molecule has 0 spiro atoms. The normalized spacial score (nSPS) is 12.0. The number of nitrogens with one attached hydrogen (secondary N) is 1. The fourth-order valence-corrected chi connectivity index (χ4v) is 5.56. The van der Waals surface area contributed by atoms with Gasteiger partial charge in [-0.2, -0.15) is 0 Å². The number of rotatable bonds is 12. The van der Waals surface area contributed by atoms with Gasteiger partial charge < -0.3 is 10.2 Å². The minimum absolute atomic E-state index is 0.0431. The molecule has 1 atom stereocenters. The number of sulfonamides is 1. The third kappa shape index (κ3) is 8.71. The van der Waals surface area contributed by atoms with E-state index in [1.165, 1.54) is 16.3 Å². The Morgan fingerprint density at radius 3 is 2.18 bits per heavy atom. The Kier molecular flexibility index (Phi) is 10.8. The molecule has 0 saturated heterocycles. The number of hydrogen-bond donors (Lipinski definition) is 1. The van der Waals surface area contributed by atoms with E-state index in [1.54, 1.807) is 30.3 Å². The highest BCUT2D eigenvalue weighted by Crippen LogP contribution is 2.25. The Bertz CT molecular complexity index is 1380. The van der Waals surface area contributed by atoms with E-state index in [9.17, 15) is 18.0 Å². The van der Waals surface area contributed by atoms with Crippen molar-refractivity contribution < 1.29 is 18.0 Å². The van der Waals surface area contributed by atoms with Gasteiger partial charge in [0.25, 0.3) is 0 Å². The standard InChI is InChI=1S/C29H33Cl2N3O4S/c1-21-11-14-24(15-12-21)34(39(3,37)38)17-7-10-28(35)33(20-23-13-16-25(30)26(31)18-23)27(29(36)32-2)19-22-8-5-4-6-9-22/h4-6,8-9,11-16,18,27H,7,10,17,19-20H2,1-3H3,(H,32,36). The average Bonchev–Trinajstić information content (AvgIpc) is 2.90. The molecule has 0 aliphatic heterocycles. The third-order valence-electron chi connectivity index (χ3n) is 6.33. The van der Waals surface area contributed by atoms with Gasteiger partial charge in [0.15, 0.2) is 0 Å². The highest BCUT2D eigenvalue weighted by molar-refractivity contribution is 7.92. The van der Waals surface area contributed by atoms with E-state index < -0.39 is 16.1 Å². The lowest BCUT2D eigenvalue weighted by Crippen LogP contribution is -2.49. The summed E-state index contributed by atoms with van der Waals surface area (Å²) in [5.41, 5.74) is 3.17. The Labute approximate surface area is 240 Å². The van der Waals surface area contributed by atoms with Crippen LogP contribution >= 0.6 is 23.2 Å². The van der Waals surface area contributed by atoms with Crippen molar-refractivity contribution >= 4 is 50.7 Å². The van der Waals surface area contributed by atoms with Crippen molar-refractivity contribution in [2.24, 2.45) is 0 Å². The number of carbonyl (C=O) groups is 2. The number of amides is 2. The Morgan fingerprint density at radius 1 is 0.923 bits per heavy atom. The monoisotopic (exact) mass is 589 g/mol. The summed E-state index contributed by atoms with van der Waals surface area (Å²) in [7, 11) is -2.03. The lowest BCUT2D eigenvalue weighted by atomic mass is 10.0. The number of aryl methyl sites for hydroxylation is 1. The Hall–Kier alpha value is -3.07. The van der Waals surface area contributed by atoms with Crippen LogP contribution in [0.5, 0.6) is 0 Å². The Morgan fingerprint density at radius 2 is 1.59 bits per heavy atom. The molecule has 0 bridgehead atoms. The maximum Gasteiger partial charge on any atom is 0.242 e. The predicted octanol–water partition coefficient (Wildman–Crippen LogP) is 5.23. The molecule has 0 aliphatic carbocycles. The fourth-order valence-electron chi connectivity index (χ4n) is 4.27. The minimum Gasteiger partial charge on any atom is -0.357 e. The van der Waals surface area contributed by atoms with Crippen molar-refractivity contribution in [2.45, 2.75) is 38.8 Å². The summed E-state index contributed by atoms with van der Waals surface area (Å²) in [6.07, 6.45) is 1.77. The highest BCUT2D eigenvalue weighted by Gasteiger charge is 2.30. The van der Waals surface area contributed by atoms with E-state index in [4.69, 9.17) is 23.2 Å². The van der Waals surface area contributed by atoms with Crippen LogP contribution in [0.2, 0.25) is 10.0 Å². The smallest absolute Gasteiger partial charge is 0.242 e. The average molecular weight is 591 g/mol. The molecule has 7 nitrogen and oxygen atoms in total. The van der Waals surface area contributed by atoms with Crippen molar-refractivity contribution in [1.29, 1.82) is 0 Å². The second kappa shape index (κ2) is 13.8. The SMILES string of the molecule is CNC(=O)C(Cc1ccccc1)N(Cc1ccc(Cl)c(Cl)c1)C(=O)CCCN(c1ccc(C)cc1)S(C)(=O)=O. The second-order valence-corrected chi connectivity index (χ2v) is 12.1. The zero-order valence-corrected chi connectivity index (χ0v) is 24.6. The molecular weight excluding hydrogens is 557 g/mol. The molecule has 3 rings (SSSR count). The molecule has 0 heterocycles. The van der Waals surface area contributed by atoms with Crippen LogP contribution in [0.25, 0.3) is 0 Å². The van der Waals surface area contributed by atoms with Gasteiger partial charge in [-0.15, -0.1) is 0 Å². The topological polar surface area (TPSA) is 86.8 Å². The van der Waals surface area contributed by atoms with Gasteiger partial charge in [0.05, 0.1) is 22.0 Å². The second-order valence-electron chi connectivity index (χ2n) is 9.36. The first-order valence-electron chi connectivity index (χ1n) is 12.5. The van der Waals surface area contributed by atoms with Crippen LogP contribution in [0.1, 0.15) is 29.5 Å². The summed E-state index contributed by atoms with van der Waals surface area (Å²) in [4.78, 5) is 28.3. The van der Waals surface area contributed by atoms with Crippen LogP contribution < -0.4 is 9.62 Å². The van der Waals surface area contributed by atoms with Crippen molar-refractivity contribution in [3.63, 3.8) is 0 Å². The zero-order chi connectivity index (χ0) is 28.6. The van der Waals surface area contributed by atoms with E-state index in [-0.39, 0.29) is 37.7 Å². The van der Waals surface area contributed by atoms with Gasteiger partial charge in [0.1, 0.15) is 6.04 Å². The number of halogens is 2. The molecule has 0 aliphatic rings. The van der Waals surface area contributed by atoms with E-state index in [0.717, 1.165) is 22.9 Å².